The van der Waals surface area contributed by atoms with Gasteiger partial charge in [0.1, 0.15) is 12.7 Å². The predicted molar refractivity (Wildman–Crippen MR) is 83.8 cm³/mol. The summed E-state index contributed by atoms with van der Waals surface area (Å²) in [6.07, 6.45) is 7.12. The molecule has 0 aromatic carbocycles. The van der Waals surface area contributed by atoms with E-state index in [1.54, 1.807) is 17.2 Å². The van der Waals surface area contributed by atoms with Crippen molar-refractivity contribution >= 4 is 11.8 Å². The van der Waals surface area contributed by atoms with Crippen LogP contribution >= 0.6 is 0 Å². The quantitative estimate of drug-likeness (QED) is 0.852. The highest BCUT2D eigenvalue weighted by Gasteiger charge is 2.41. The number of rotatable bonds is 5. The van der Waals surface area contributed by atoms with Crippen LogP contribution in [0.25, 0.3) is 5.82 Å². The summed E-state index contributed by atoms with van der Waals surface area (Å²) in [4.78, 5) is 34.5. The Morgan fingerprint density at radius 2 is 2.25 bits per heavy atom. The van der Waals surface area contributed by atoms with Gasteiger partial charge in [0.2, 0.25) is 11.8 Å². The van der Waals surface area contributed by atoms with Crippen LogP contribution in [0.4, 0.5) is 0 Å². The third kappa shape index (κ3) is 2.86. The lowest BCUT2D eigenvalue weighted by molar-refractivity contribution is -0.129. The van der Waals surface area contributed by atoms with Crippen LogP contribution in [0.5, 0.6) is 0 Å². The molecule has 1 aliphatic carbocycles. The zero-order valence-corrected chi connectivity index (χ0v) is 13.1. The molecule has 2 aromatic rings. The van der Waals surface area contributed by atoms with Gasteiger partial charge in [0.15, 0.2) is 5.82 Å². The van der Waals surface area contributed by atoms with E-state index >= 15 is 0 Å². The zero-order chi connectivity index (χ0) is 16.5. The normalized spacial score (nSPS) is 20.4. The minimum Gasteiger partial charge on any atom is -0.352 e. The van der Waals surface area contributed by atoms with Crippen LogP contribution in [0.1, 0.15) is 24.8 Å². The van der Waals surface area contributed by atoms with E-state index < -0.39 is 0 Å². The average molecular weight is 326 g/mol. The Hall–Kier alpha value is -2.77. The summed E-state index contributed by atoms with van der Waals surface area (Å²) in [5.74, 6) is 0.393. The number of carbonyl (C=O) groups is 2. The monoisotopic (exact) mass is 326 g/mol. The Morgan fingerprint density at radius 1 is 1.38 bits per heavy atom. The van der Waals surface area contributed by atoms with Gasteiger partial charge in [-0.25, -0.2) is 14.6 Å². The fourth-order valence-corrected chi connectivity index (χ4v) is 3.07. The summed E-state index contributed by atoms with van der Waals surface area (Å²) >= 11 is 0. The van der Waals surface area contributed by atoms with E-state index in [0.29, 0.717) is 31.4 Å². The van der Waals surface area contributed by atoms with Gasteiger partial charge < -0.3 is 10.2 Å². The first kappa shape index (κ1) is 14.8. The van der Waals surface area contributed by atoms with Gasteiger partial charge in [0.05, 0.1) is 5.92 Å². The van der Waals surface area contributed by atoms with Crippen molar-refractivity contribution < 1.29 is 9.59 Å². The van der Waals surface area contributed by atoms with Crippen LogP contribution in [-0.4, -0.2) is 49.0 Å². The molecule has 1 saturated carbocycles. The van der Waals surface area contributed by atoms with E-state index in [2.05, 4.69) is 20.4 Å². The molecule has 2 amide bonds. The smallest absolute Gasteiger partial charge is 0.225 e. The molecule has 2 fully saturated rings. The zero-order valence-electron chi connectivity index (χ0n) is 13.1. The Balaban J connectivity index is 1.40. The molecule has 3 heterocycles. The second-order valence-corrected chi connectivity index (χ2v) is 6.22. The minimum absolute atomic E-state index is 0.0834. The molecule has 124 valence electrons. The first-order valence-corrected chi connectivity index (χ1v) is 8.08. The summed E-state index contributed by atoms with van der Waals surface area (Å²) in [6.45, 7) is 0.883. The SMILES string of the molecule is O=C(NCc1cccnc1-n1cncn1)[C@H]1CC(=O)N(C2CC2)C1. The van der Waals surface area contributed by atoms with Crippen LogP contribution in [0.2, 0.25) is 0 Å². The highest BCUT2D eigenvalue weighted by atomic mass is 16.2. The topological polar surface area (TPSA) is 93.0 Å². The van der Waals surface area contributed by atoms with Gasteiger partial charge in [0, 0.05) is 37.3 Å². The predicted octanol–water partition coefficient (Wildman–Crippen LogP) is 0.289. The summed E-state index contributed by atoms with van der Waals surface area (Å²) in [6, 6.07) is 4.07. The molecular formula is C16H18N6O2. The molecule has 0 radical (unpaired) electrons. The Morgan fingerprint density at radius 3 is 3.00 bits per heavy atom. The number of pyridine rings is 1. The number of nitrogens with one attached hydrogen (secondary N) is 1. The van der Waals surface area contributed by atoms with Gasteiger partial charge in [0.25, 0.3) is 0 Å². The van der Waals surface area contributed by atoms with Crippen LogP contribution in [0.15, 0.2) is 31.0 Å². The minimum atomic E-state index is -0.260. The lowest BCUT2D eigenvalue weighted by Crippen LogP contribution is -2.33. The maximum absolute atomic E-state index is 12.4. The highest BCUT2D eigenvalue weighted by molar-refractivity contribution is 5.89. The molecule has 4 rings (SSSR count). The van der Waals surface area contributed by atoms with Crippen LogP contribution in [0, 0.1) is 5.92 Å². The standard InChI is InChI=1S/C16H18N6O2/c23-14-6-12(8-21(14)13-3-4-13)16(24)19-7-11-2-1-5-18-15(11)22-10-17-9-20-22/h1-2,5,9-10,12-13H,3-4,6-8H2,(H,19,24)/t12-/m0/s1. The third-order valence-corrected chi connectivity index (χ3v) is 4.47. The van der Waals surface area contributed by atoms with Crippen molar-refractivity contribution in [2.75, 3.05) is 6.54 Å². The van der Waals surface area contributed by atoms with Crippen LogP contribution in [0.3, 0.4) is 0 Å². The van der Waals surface area contributed by atoms with Crippen molar-refractivity contribution in [3.8, 4) is 5.82 Å². The van der Waals surface area contributed by atoms with E-state index in [0.717, 1.165) is 18.4 Å². The van der Waals surface area contributed by atoms with Gasteiger partial charge in [-0.3, -0.25) is 9.59 Å². The number of aromatic nitrogens is 4. The van der Waals surface area contributed by atoms with Gasteiger partial charge in [-0.15, -0.1) is 0 Å². The highest BCUT2D eigenvalue weighted by Crippen LogP contribution is 2.32. The summed E-state index contributed by atoms with van der Waals surface area (Å²) < 4.78 is 1.56. The molecule has 8 heteroatoms. The molecule has 1 aliphatic heterocycles. The van der Waals surface area contributed by atoms with Crippen LogP contribution < -0.4 is 5.32 Å². The maximum Gasteiger partial charge on any atom is 0.225 e. The first-order chi connectivity index (χ1) is 11.7. The Labute approximate surface area is 138 Å². The van der Waals surface area contributed by atoms with Crippen molar-refractivity contribution in [1.29, 1.82) is 0 Å². The molecular weight excluding hydrogens is 308 g/mol. The Bertz CT molecular complexity index is 756. The van der Waals surface area contributed by atoms with Gasteiger partial charge in [-0.1, -0.05) is 6.07 Å². The van der Waals surface area contributed by atoms with E-state index in [9.17, 15) is 9.59 Å². The second-order valence-electron chi connectivity index (χ2n) is 6.22. The molecule has 8 nitrogen and oxygen atoms in total. The number of hydrogen-bond acceptors (Lipinski definition) is 5. The number of likely N-dealkylation sites (tertiary alicyclic amines) is 1. The second kappa shape index (κ2) is 6.03. The van der Waals surface area contributed by atoms with E-state index in [4.69, 9.17) is 0 Å². The van der Waals surface area contributed by atoms with E-state index in [1.807, 2.05) is 17.0 Å². The largest absolute Gasteiger partial charge is 0.352 e. The molecule has 0 unspecified atom stereocenters. The lowest BCUT2D eigenvalue weighted by atomic mass is 10.1. The number of hydrogen-bond donors (Lipinski definition) is 1. The summed E-state index contributed by atoms with van der Waals surface area (Å²) in [5, 5.41) is 7.00. The van der Waals surface area contributed by atoms with Crippen molar-refractivity contribution in [2.45, 2.75) is 31.8 Å². The van der Waals surface area contributed by atoms with E-state index in [1.165, 1.54) is 6.33 Å². The molecule has 24 heavy (non-hydrogen) atoms. The lowest BCUT2D eigenvalue weighted by Gasteiger charge is -2.15. The Kier molecular flexibility index (Phi) is 3.72. The molecule has 2 aromatic heterocycles. The fourth-order valence-electron chi connectivity index (χ4n) is 3.07. The molecule has 0 spiro atoms. The van der Waals surface area contributed by atoms with Crippen LogP contribution in [-0.2, 0) is 16.1 Å². The van der Waals surface area contributed by atoms with Crippen molar-refractivity contribution in [2.24, 2.45) is 5.92 Å². The number of nitrogens with zero attached hydrogens (tertiary/aromatic N) is 5. The number of amides is 2. The van der Waals surface area contributed by atoms with Gasteiger partial charge >= 0.3 is 0 Å². The molecule has 2 aliphatic rings. The third-order valence-electron chi connectivity index (χ3n) is 4.47. The summed E-state index contributed by atoms with van der Waals surface area (Å²) in [5.41, 5.74) is 0.847. The summed E-state index contributed by atoms with van der Waals surface area (Å²) in [7, 11) is 0. The van der Waals surface area contributed by atoms with Gasteiger partial charge in [-0.05, 0) is 18.9 Å². The van der Waals surface area contributed by atoms with E-state index in [-0.39, 0.29) is 17.7 Å². The maximum atomic E-state index is 12.4. The van der Waals surface area contributed by atoms with Gasteiger partial charge in [-0.2, -0.15) is 5.10 Å². The molecule has 0 bridgehead atoms. The fraction of sp³-hybridized carbons (Fsp3) is 0.438. The molecule has 1 saturated heterocycles. The van der Waals surface area contributed by atoms with Crippen molar-refractivity contribution in [1.82, 2.24) is 30.0 Å². The van der Waals surface area contributed by atoms with Crippen molar-refractivity contribution in [3.05, 3.63) is 36.5 Å². The first-order valence-electron chi connectivity index (χ1n) is 8.08. The number of carbonyl (C=O) groups excluding carboxylic acids is 2. The molecule has 1 N–H and O–H groups in total. The average Bonchev–Trinajstić information content (AvgIpc) is 3.14. The van der Waals surface area contributed by atoms with Crippen molar-refractivity contribution in [3.63, 3.8) is 0 Å². The molecule has 1 atom stereocenters.